The van der Waals surface area contributed by atoms with Gasteiger partial charge in [-0.05, 0) is 35.4 Å². The fourth-order valence-corrected chi connectivity index (χ4v) is 4.70. The second-order valence-electron chi connectivity index (χ2n) is 7.47. The molecule has 2 aliphatic heterocycles. The normalized spacial score (nSPS) is 23.1. The summed E-state index contributed by atoms with van der Waals surface area (Å²) in [5, 5.41) is 6.14. The number of amides is 6. The first-order chi connectivity index (χ1) is 14.7. The van der Waals surface area contributed by atoms with Gasteiger partial charge in [0.25, 0.3) is 11.8 Å². The predicted molar refractivity (Wildman–Crippen MR) is 113 cm³/mol. The van der Waals surface area contributed by atoms with Crippen molar-refractivity contribution in [1.82, 2.24) is 20.4 Å². The van der Waals surface area contributed by atoms with Gasteiger partial charge in [0.2, 0.25) is 0 Å². The van der Waals surface area contributed by atoms with Crippen LogP contribution in [0.25, 0.3) is 0 Å². The van der Waals surface area contributed by atoms with E-state index >= 15 is 0 Å². The molecule has 0 bridgehead atoms. The van der Waals surface area contributed by atoms with Gasteiger partial charge in [-0.25, -0.2) is 9.59 Å². The molecule has 2 fully saturated rings. The molecule has 2 aliphatic rings. The van der Waals surface area contributed by atoms with Gasteiger partial charge in [-0.3, -0.25) is 19.4 Å². The molecule has 2 N–H and O–H groups in total. The Morgan fingerprint density at radius 2 is 1.19 bits per heavy atom. The van der Waals surface area contributed by atoms with Crippen LogP contribution in [0.5, 0.6) is 0 Å². The van der Waals surface area contributed by atoms with Crippen LogP contribution in [0.2, 0.25) is 10.0 Å². The third-order valence-corrected chi connectivity index (χ3v) is 6.19. The maximum atomic E-state index is 13.7. The highest BCUT2D eigenvalue weighted by Gasteiger charge is 2.67. The molecular weight excluding hydrogens is 443 g/mol. The standard InChI is InChI=1S/C21H18Cl2N4O4/c1-26-17(28)21(18(29)27(2)20(26)31)15(11-5-3-7-13(22)9-11)24-19(30)25-16(21)12-6-4-8-14(23)10-12/h3-10,15-16H,1-2H3,(H2,24,25,30). The summed E-state index contributed by atoms with van der Waals surface area (Å²) in [6.45, 7) is 0. The van der Waals surface area contributed by atoms with Crippen LogP contribution in [0.4, 0.5) is 9.59 Å². The summed E-state index contributed by atoms with van der Waals surface area (Å²) in [6.07, 6.45) is 0. The molecule has 2 atom stereocenters. The number of rotatable bonds is 2. The van der Waals surface area contributed by atoms with Gasteiger partial charge in [-0.1, -0.05) is 47.5 Å². The van der Waals surface area contributed by atoms with Crippen LogP contribution in [-0.4, -0.2) is 47.8 Å². The molecule has 0 saturated carbocycles. The highest BCUT2D eigenvalue weighted by Crippen LogP contribution is 2.51. The number of carbonyl (C=O) groups is 4. The Balaban J connectivity index is 2.02. The average molecular weight is 461 g/mol. The molecular formula is C21H18Cl2N4O4. The van der Waals surface area contributed by atoms with Crippen LogP contribution >= 0.6 is 23.2 Å². The minimum atomic E-state index is -1.90. The average Bonchev–Trinajstić information content (AvgIpc) is 2.75. The first kappa shape index (κ1) is 21.1. The summed E-state index contributed by atoms with van der Waals surface area (Å²) in [4.78, 5) is 54.3. The number of nitrogens with one attached hydrogen (secondary N) is 2. The Kier molecular flexibility index (Phi) is 5.15. The van der Waals surface area contributed by atoms with Gasteiger partial charge in [0.05, 0.1) is 12.1 Å². The fraction of sp³-hybridized carbons (Fsp3) is 0.238. The second kappa shape index (κ2) is 7.55. The number of barbiturate groups is 1. The van der Waals surface area contributed by atoms with Crippen molar-refractivity contribution >= 4 is 47.1 Å². The Bertz CT molecular complexity index is 1040. The van der Waals surface area contributed by atoms with Crippen molar-refractivity contribution in [2.75, 3.05) is 14.1 Å². The van der Waals surface area contributed by atoms with Crippen molar-refractivity contribution in [2.24, 2.45) is 5.41 Å². The third-order valence-electron chi connectivity index (χ3n) is 5.72. The van der Waals surface area contributed by atoms with Gasteiger partial charge in [0.1, 0.15) is 0 Å². The van der Waals surface area contributed by atoms with E-state index in [1.54, 1.807) is 48.5 Å². The zero-order chi connectivity index (χ0) is 22.5. The molecule has 2 heterocycles. The van der Waals surface area contributed by atoms with Crippen LogP contribution in [0, 0.1) is 5.41 Å². The largest absolute Gasteiger partial charge is 0.332 e. The Labute approximate surface area is 188 Å². The van der Waals surface area contributed by atoms with Crippen molar-refractivity contribution in [3.63, 3.8) is 0 Å². The summed E-state index contributed by atoms with van der Waals surface area (Å²) < 4.78 is 0. The lowest BCUT2D eigenvalue weighted by molar-refractivity contribution is -0.163. The molecule has 2 aromatic rings. The first-order valence-corrected chi connectivity index (χ1v) is 10.1. The van der Waals surface area contributed by atoms with Crippen molar-refractivity contribution in [1.29, 1.82) is 0 Å². The molecule has 0 aliphatic carbocycles. The number of nitrogens with zero attached hydrogens (tertiary/aromatic N) is 2. The minimum Gasteiger partial charge on any atom is -0.330 e. The molecule has 31 heavy (non-hydrogen) atoms. The summed E-state index contributed by atoms with van der Waals surface area (Å²) in [5.41, 5.74) is -1.000. The Morgan fingerprint density at radius 1 is 0.774 bits per heavy atom. The molecule has 0 radical (unpaired) electrons. The van der Waals surface area contributed by atoms with E-state index in [1.807, 2.05) is 0 Å². The lowest BCUT2D eigenvalue weighted by Gasteiger charge is -2.52. The first-order valence-electron chi connectivity index (χ1n) is 9.36. The number of imide groups is 2. The van der Waals surface area contributed by atoms with E-state index < -0.39 is 41.4 Å². The van der Waals surface area contributed by atoms with Crippen molar-refractivity contribution < 1.29 is 19.2 Å². The summed E-state index contributed by atoms with van der Waals surface area (Å²) in [5.74, 6) is -1.49. The van der Waals surface area contributed by atoms with Gasteiger partial charge in [0, 0.05) is 24.1 Å². The van der Waals surface area contributed by atoms with E-state index in [0.717, 1.165) is 9.80 Å². The summed E-state index contributed by atoms with van der Waals surface area (Å²) in [7, 11) is 2.60. The monoisotopic (exact) mass is 460 g/mol. The number of hydrogen-bond donors (Lipinski definition) is 2. The maximum absolute atomic E-state index is 13.7. The van der Waals surface area contributed by atoms with Gasteiger partial charge < -0.3 is 10.6 Å². The zero-order valence-electron chi connectivity index (χ0n) is 16.6. The second-order valence-corrected chi connectivity index (χ2v) is 8.35. The molecule has 4 rings (SSSR count). The molecule has 8 nitrogen and oxygen atoms in total. The van der Waals surface area contributed by atoms with Crippen LogP contribution < -0.4 is 10.6 Å². The molecule has 6 amide bonds. The zero-order valence-corrected chi connectivity index (χ0v) is 18.1. The SMILES string of the molecule is CN1C(=O)N(C)C(=O)C2(C1=O)C(c1cccc(Cl)c1)NC(=O)NC2c1cccc(Cl)c1. The number of urea groups is 2. The van der Waals surface area contributed by atoms with Gasteiger partial charge in [-0.2, -0.15) is 0 Å². The molecule has 10 heteroatoms. The van der Waals surface area contributed by atoms with Crippen LogP contribution in [0.15, 0.2) is 48.5 Å². The lowest BCUT2D eigenvalue weighted by Crippen LogP contribution is -2.73. The van der Waals surface area contributed by atoms with Crippen LogP contribution in [-0.2, 0) is 9.59 Å². The smallest absolute Gasteiger partial charge is 0.330 e. The molecule has 0 aromatic heterocycles. The molecule has 1 spiro atoms. The molecule has 2 unspecified atom stereocenters. The lowest BCUT2D eigenvalue weighted by atomic mass is 9.65. The Hall–Kier alpha value is -3.10. The van der Waals surface area contributed by atoms with Crippen LogP contribution in [0.3, 0.4) is 0 Å². The minimum absolute atomic E-state index is 0.369. The number of benzene rings is 2. The Morgan fingerprint density at radius 3 is 1.58 bits per heavy atom. The predicted octanol–water partition coefficient (Wildman–Crippen LogP) is 3.13. The quantitative estimate of drug-likeness (QED) is 0.672. The van der Waals surface area contributed by atoms with E-state index in [9.17, 15) is 19.2 Å². The van der Waals surface area contributed by atoms with Gasteiger partial charge in [-0.15, -0.1) is 0 Å². The van der Waals surface area contributed by atoms with Crippen molar-refractivity contribution in [3.05, 3.63) is 69.7 Å². The molecule has 2 aromatic carbocycles. The van der Waals surface area contributed by atoms with Gasteiger partial charge in [0.15, 0.2) is 5.41 Å². The van der Waals surface area contributed by atoms with Gasteiger partial charge >= 0.3 is 12.1 Å². The number of halogens is 2. The van der Waals surface area contributed by atoms with Crippen molar-refractivity contribution in [2.45, 2.75) is 12.1 Å². The summed E-state index contributed by atoms with van der Waals surface area (Å²) >= 11 is 12.3. The summed E-state index contributed by atoms with van der Waals surface area (Å²) in [6, 6.07) is 9.54. The van der Waals surface area contributed by atoms with E-state index in [1.165, 1.54) is 14.1 Å². The number of hydrogen-bond acceptors (Lipinski definition) is 4. The highest BCUT2D eigenvalue weighted by molar-refractivity contribution is 6.31. The fourth-order valence-electron chi connectivity index (χ4n) is 4.30. The highest BCUT2D eigenvalue weighted by atomic mass is 35.5. The molecule has 160 valence electrons. The maximum Gasteiger partial charge on any atom is 0.332 e. The van der Waals surface area contributed by atoms with E-state index in [4.69, 9.17) is 23.2 Å². The van der Waals surface area contributed by atoms with E-state index in [2.05, 4.69) is 10.6 Å². The van der Waals surface area contributed by atoms with Crippen LogP contribution in [0.1, 0.15) is 23.2 Å². The topological polar surface area (TPSA) is 98.8 Å². The van der Waals surface area contributed by atoms with E-state index in [0.29, 0.717) is 21.2 Å². The van der Waals surface area contributed by atoms with E-state index in [-0.39, 0.29) is 0 Å². The molecule has 2 saturated heterocycles. The number of carbonyl (C=O) groups excluding carboxylic acids is 4. The van der Waals surface area contributed by atoms with Crippen molar-refractivity contribution in [3.8, 4) is 0 Å². The third kappa shape index (κ3) is 3.14.